The molecule has 126 heavy (non-hydrogen) atoms. The van der Waals surface area contributed by atoms with Crippen molar-refractivity contribution in [2.45, 2.75) is 98.3 Å². The number of fused-ring (bicyclic) bond motifs is 8. The average molecular weight is 1670 g/mol. The predicted molar refractivity (Wildman–Crippen MR) is 495 cm³/mol. The van der Waals surface area contributed by atoms with Crippen LogP contribution in [0.4, 0.5) is 22.7 Å². The van der Waals surface area contributed by atoms with E-state index in [1.807, 2.05) is 197 Å². The van der Waals surface area contributed by atoms with Gasteiger partial charge in [-0.05, 0) is 181 Å². The Morgan fingerprint density at radius 2 is 0.635 bits per heavy atom. The van der Waals surface area contributed by atoms with Crippen molar-refractivity contribution >= 4 is 134 Å². The van der Waals surface area contributed by atoms with Gasteiger partial charge in [0.2, 0.25) is 23.6 Å². The number of H-pyrrole nitrogens is 8. The van der Waals surface area contributed by atoms with E-state index in [4.69, 9.17) is 4.98 Å². The molecule has 12 N–H and O–H groups in total. The molecule has 0 unspecified atom stereocenters. The van der Waals surface area contributed by atoms with E-state index in [1.54, 1.807) is 43.4 Å². The fourth-order valence-electron chi connectivity index (χ4n) is 15.9. The number of hydrogen-bond donors (Lipinski definition) is 12. The minimum absolute atomic E-state index is 0.0123. The van der Waals surface area contributed by atoms with Crippen molar-refractivity contribution in [1.29, 1.82) is 0 Å². The molecule has 624 valence electrons. The third kappa shape index (κ3) is 17.7. The van der Waals surface area contributed by atoms with Crippen molar-refractivity contribution in [3.63, 3.8) is 0 Å². The van der Waals surface area contributed by atoms with Gasteiger partial charge >= 0.3 is 0 Å². The van der Waals surface area contributed by atoms with Crippen LogP contribution in [0.2, 0.25) is 0 Å². The van der Waals surface area contributed by atoms with Crippen molar-refractivity contribution in [2.24, 2.45) is 17.3 Å². The van der Waals surface area contributed by atoms with Crippen LogP contribution in [-0.4, -0.2) is 124 Å². The minimum Gasteiger partial charge on any atom is -0.337 e. The fraction of sp³-hybridized carbons (Fsp3) is 0.184. The van der Waals surface area contributed by atoms with Gasteiger partial charge in [-0.25, -0.2) is 19.9 Å². The first-order chi connectivity index (χ1) is 61.5. The first-order valence-corrected chi connectivity index (χ1v) is 42.3. The van der Waals surface area contributed by atoms with Gasteiger partial charge < -0.3 is 41.2 Å². The zero-order chi connectivity index (χ0) is 85.8. The van der Waals surface area contributed by atoms with Gasteiger partial charge in [0, 0.05) is 93.3 Å². The van der Waals surface area contributed by atoms with Gasteiger partial charge in [-0.15, -0.1) is 0 Å². The normalized spacial score (nSPS) is 12.9. The highest BCUT2D eigenvalue weighted by Crippen LogP contribution is 2.39. The van der Waals surface area contributed by atoms with Crippen LogP contribution < -0.4 is 21.3 Å². The number of anilines is 4. The highest BCUT2D eigenvalue weighted by atomic mass is 16.2. The molecule has 2 fully saturated rings. The number of imidazole rings is 4. The summed E-state index contributed by atoms with van der Waals surface area (Å²) in [4.78, 5) is 98.6. The smallest absolute Gasteiger partial charge is 0.227 e. The lowest BCUT2D eigenvalue weighted by molar-refractivity contribution is -0.121. The van der Waals surface area contributed by atoms with Crippen LogP contribution >= 0.6 is 0 Å². The Labute approximate surface area is 721 Å². The molecule has 0 aliphatic heterocycles. The molecule has 4 amide bonds. The molecule has 0 bridgehead atoms. The Morgan fingerprint density at radius 3 is 0.937 bits per heavy atom. The maximum Gasteiger partial charge on any atom is 0.227 e. The molecule has 2 aliphatic carbocycles. The molecule has 2 aliphatic rings. The van der Waals surface area contributed by atoms with Crippen molar-refractivity contribution in [2.75, 3.05) is 21.3 Å². The maximum atomic E-state index is 12.7. The Hall–Kier alpha value is -16.0. The highest BCUT2D eigenvalue weighted by molar-refractivity contribution is 6.02. The Bertz CT molecular complexity index is 7320. The van der Waals surface area contributed by atoms with Crippen molar-refractivity contribution in [1.82, 2.24) is 101 Å². The SMILES string of the molecule is CC(C)(C)CC(=O)Nc1cncc(-c2ccc3[nH]nc(-c4nc5ccccc5[nH]4)c3c2)c1.CCCCC(=O)Nc1cncc(-c2ccc3[nH]nc(-c4nc5ccccc5[nH]4)c3c2)c1.O=C(Nc1cncc(-c2ccc3[nH]nc(-c4nc5ccccc5[nH]4)c3c2)c1)C1CC1.O=C(Nc1cncc(-c2ccc3[nH]nc(-c4nc5ccccc5[nH]4)c3c2)c1)C1CCCCC1. The van der Waals surface area contributed by atoms with Crippen molar-refractivity contribution < 1.29 is 19.2 Å². The summed E-state index contributed by atoms with van der Waals surface area (Å²) in [6, 6.07) is 63.9. The Balaban J connectivity index is 0.000000110. The number of pyridine rings is 4. The third-order valence-corrected chi connectivity index (χ3v) is 22.5. The van der Waals surface area contributed by atoms with E-state index in [-0.39, 0.29) is 40.9 Å². The standard InChI is InChI=1S/C26H24N6O.C25H24N6O.C24H22N6O.C23H18N6O/c33-26(16-6-2-1-3-7-16)28-19-12-18(14-27-15-19)17-10-11-21-20(13-17)24(32-31-21)25-29-22-8-4-5-9-23(22)30-25;1-25(2,3)12-22(32)27-17-10-16(13-26-14-17)15-8-9-19-18(11-15)23(31-30-19)24-28-20-6-4-5-7-21(20)29-24;1-2-3-8-22(31)26-17-11-16(13-25-14-17)15-9-10-19-18(12-15)23(30-29-19)24-27-20-6-4-5-7-21(20)28-24;30-23(13-5-6-13)25-16-9-15(11-24-12-16)14-7-8-18-17(10-14)21(29-28-18)22-26-19-3-1-2-4-20(19)27-22/h4-5,8-16H,1-3,6-7H2,(H,28,33)(H,29,30)(H,31,32);4-11,13-14H,12H2,1-3H3,(H,27,32)(H,28,29)(H,30,31);4-7,9-14H,2-3,8H2,1H3,(H,26,31)(H,27,28)(H,29,30);1-4,7-13H,5-6H2,(H,25,30)(H,26,27)(H,28,29). The number of nitrogens with zero attached hydrogens (tertiary/aromatic N) is 12. The first kappa shape index (κ1) is 79.8. The number of aromatic nitrogens is 20. The summed E-state index contributed by atoms with van der Waals surface area (Å²) in [6.45, 7) is 8.20. The van der Waals surface area contributed by atoms with Crippen LogP contribution in [0.15, 0.2) is 244 Å². The fourth-order valence-corrected chi connectivity index (χ4v) is 15.9. The number of amides is 4. The van der Waals surface area contributed by atoms with Crippen LogP contribution in [0.5, 0.6) is 0 Å². The van der Waals surface area contributed by atoms with E-state index in [9.17, 15) is 19.2 Å². The molecule has 0 radical (unpaired) electrons. The van der Waals surface area contributed by atoms with E-state index >= 15 is 0 Å². The number of carbonyl (C=O) groups is 4. The average Bonchev–Trinajstić information content (AvgIpc) is 1.64. The monoisotopic (exact) mass is 1660 g/mol. The Morgan fingerprint density at radius 1 is 0.333 bits per heavy atom. The molecule has 12 aromatic heterocycles. The van der Waals surface area contributed by atoms with E-state index in [0.29, 0.717) is 29.9 Å². The zero-order valence-corrected chi connectivity index (χ0v) is 69.5. The Kier molecular flexibility index (Phi) is 22.1. The van der Waals surface area contributed by atoms with Crippen LogP contribution in [0.1, 0.15) is 98.3 Å². The number of benzene rings is 8. The molecule has 28 heteroatoms. The molecule has 28 nitrogen and oxygen atoms in total. The van der Waals surface area contributed by atoms with Gasteiger partial charge in [-0.2, -0.15) is 20.4 Å². The number of aromatic amines is 8. The van der Waals surface area contributed by atoms with Crippen LogP contribution in [-0.2, 0) is 19.2 Å². The highest BCUT2D eigenvalue weighted by Gasteiger charge is 2.30. The molecular weight excluding hydrogens is 1580 g/mol. The molecule has 0 spiro atoms. The molecule has 12 heterocycles. The predicted octanol–water partition coefficient (Wildman–Crippen LogP) is 21.0. The summed E-state index contributed by atoms with van der Waals surface area (Å²) >= 11 is 0. The summed E-state index contributed by atoms with van der Waals surface area (Å²) in [5.74, 6) is 3.33. The summed E-state index contributed by atoms with van der Waals surface area (Å²) in [6.07, 6.45) is 24.1. The van der Waals surface area contributed by atoms with Gasteiger partial charge in [0.15, 0.2) is 23.3 Å². The molecule has 8 aromatic carbocycles. The second-order valence-corrected chi connectivity index (χ2v) is 33.1. The maximum absolute atomic E-state index is 12.7. The lowest BCUT2D eigenvalue weighted by atomic mass is 9.88. The second-order valence-electron chi connectivity index (χ2n) is 33.1. The van der Waals surface area contributed by atoms with Crippen LogP contribution in [0.3, 0.4) is 0 Å². The number of carbonyl (C=O) groups excluding carboxylic acids is 4. The molecule has 2 saturated carbocycles. The topological polar surface area (TPSA) is 397 Å². The van der Waals surface area contributed by atoms with Gasteiger partial charge in [-0.3, -0.25) is 59.5 Å². The van der Waals surface area contributed by atoms with Gasteiger partial charge in [-0.1, -0.05) is 126 Å². The number of unbranched alkanes of at least 4 members (excludes halogenated alkanes) is 1. The largest absolute Gasteiger partial charge is 0.337 e. The molecule has 0 saturated heterocycles. The van der Waals surface area contributed by atoms with E-state index in [0.717, 1.165) is 235 Å². The zero-order valence-electron chi connectivity index (χ0n) is 69.5. The quantitative estimate of drug-likeness (QED) is 0.0380. The van der Waals surface area contributed by atoms with E-state index < -0.39 is 0 Å². The van der Waals surface area contributed by atoms with Gasteiger partial charge in [0.25, 0.3) is 0 Å². The summed E-state index contributed by atoms with van der Waals surface area (Å²) in [7, 11) is 0. The second kappa shape index (κ2) is 34.9. The van der Waals surface area contributed by atoms with Gasteiger partial charge in [0.1, 0.15) is 22.8 Å². The van der Waals surface area contributed by atoms with Crippen LogP contribution in [0.25, 0.3) is 178 Å². The van der Waals surface area contributed by atoms with Crippen molar-refractivity contribution in [3.8, 4) is 90.6 Å². The molecular formula is C98H88N24O4. The summed E-state index contributed by atoms with van der Waals surface area (Å²) < 4.78 is 0. The number of rotatable bonds is 18. The molecule has 22 rings (SSSR count). The number of nitrogens with one attached hydrogen (secondary N) is 12. The first-order valence-electron chi connectivity index (χ1n) is 42.3. The minimum atomic E-state index is -0.0749. The lowest BCUT2D eigenvalue weighted by Gasteiger charge is -2.20. The van der Waals surface area contributed by atoms with Crippen LogP contribution in [0, 0.1) is 17.3 Å². The van der Waals surface area contributed by atoms with E-state index in [2.05, 4.69) is 148 Å². The molecule has 20 aromatic rings. The van der Waals surface area contributed by atoms with Gasteiger partial charge in [0.05, 0.1) is 114 Å². The summed E-state index contributed by atoms with van der Waals surface area (Å²) in [5.41, 5.74) is 24.7. The third-order valence-electron chi connectivity index (χ3n) is 22.5. The number of hydrogen-bond acceptors (Lipinski definition) is 16. The molecule has 0 atom stereocenters. The van der Waals surface area contributed by atoms with Crippen molar-refractivity contribution in [3.05, 3.63) is 244 Å². The summed E-state index contributed by atoms with van der Waals surface area (Å²) in [5, 5.41) is 46.1. The lowest BCUT2D eigenvalue weighted by Crippen LogP contribution is -2.24. The number of para-hydroxylation sites is 8. The van der Waals surface area contributed by atoms with E-state index in [1.165, 1.54) is 6.42 Å².